The van der Waals surface area contributed by atoms with Crippen LogP contribution in [0.2, 0.25) is 0 Å². The average Bonchev–Trinajstić information content (AvgIpc) is 2.77. The van der Waals surface area contributed by atoms with Gasteiger partial charge in [0, 0.05) is 12.5 Å². The van der Waals surface area contributed by atoms with Gasteiger partial charge >= 0.3 is 0 Å². The molecule has 2 nitrogen and oxygen atoms in total. The minimum absolute atomic E-state index is 0.389. The van der Waals surface area contributed by atoms with Crippen LogP contribution in [0.3, 0.4) is 0 Å². The van der Waals surface area contributed by atoms with Crippen molar-refractivity contribution in [1.29, 1.82) is 0 Å². The van der Waals surface area contributed by atoms with E-state index in [9.17, 15) is 0 Å². The van der Waals surface area contributed by atoms with Crippen LogP contribution in [0, 0.1) is 0 Å². The van der Waals surface area contributed by atoms with Gasteiger partial charge in [-0.3, -0.25) is 0 Å². The zero-order chi connectivity index (χ0) is 12.1. The number of fused-ring (bicyclic) bond motifs is 1. The Hall–Kier alpha value is -1.02. The van der Waals surface area contributed by atoms with Gasteiger partial charge in [-0.1, -0.05) is 31.5 Å². The van der Waals surface area contributed by atoms with E-state index in [1.54, 1.807) is 0 Å². The molecule has 0 saturated carbocycles. The van der Waals surface area contributed by atoms with Crippen LogP contribution in [-0.2, 0) is 6.42 Å². The molecule has 0 amide bonds. The highest BCUT2D eigenvalue weighted by Gasteiger charge is 2.22. The van der Waals surface area contributed by atoms with Crippen molar-refractivity contribution >= 4 is 0 Å². The lowest BCUT2D eigenvalue weighted by atomic mass is 10.0. The molecule has 0 radical (unpaired) electrons. The highest BCUT2D eigenvalue weighted by Crippen LogP contribution is 2.30. The van der Waals surface area contributed by atoms with Gasteiger partial charge in [-0.2, -0.15) is 0 Å². The van der Waals surface area contributed by atoms with Gasteiger partial charge in [-0.05, 0) is 37.9 Å². The minimum atomic E-state index is 0.389. The molecule has 1 aliphatic heterocycles. The molecule has 0 aromatic heterocycles. The van der Waals surface area contributed by atoms with Crippen LogP contribution < -0.4 is 10.1 Å². The summed E-state index contributed by atoms with van der Waals surface area (Å²) in [4.78, 5) is 0. The molecule has 2 rings (SSSR count). The molecule has 0 fully saturated rings. The normalized spacial score (nSPS) is 19.8. The lowest BCUT2D eigenvalue weighted by Gasteiger charge is -2.17. The number of ether oxygens (including phenoxy) is 1. The maximum atomic E-state index is 5.95. The molecule has 17 heavy (non-hydrogen) atoms. The largest absolute Gasteiger partial charge is 0.490 e. The Morgan fingerprint density at radius 3 is 2.88 bits per heavy atom. The summed E-state index contributed by atoms with van der Waals surface area (Å²) in [6, 6.07) is 9.05. The van der Waals surface area contributed by atoms with E-state index < -0.39 is 0 Å². The lowest BCUT2D eigenvalue weighted by molar-refractivity contribution is 0.210. The molecule has 2 heteroatoms. The first-order chi connectivity index (χ1) is 8.33. The summed E-state index contributed by atoms with van der Waals surface area (Å²) < 4.78 is 5.95. The Labute approximate surface area is 104 Å². The van der Waals surface area contributed by atoms with Crippen LogP contribution in [0.25, 0.3) is 0 Å². The van der Waals surface area contributed by atoms with Crippen molar-refractivity contribution in [1.82, 2.24) is 5.32 Å². The van der Waals surface area contributed by atoms with Crippen molar-refractivity contribution in [3.63, 3.8) is 0 Å². The second kappa shape index (κ2) is 6.06. The molecule has 0 aliphatic carbocycles. The first kappa shape index (κ1) is 12.4. The second-order valence-corrected chi connectivity index (χ2v) is 4.90. The van der Waals surface area contributed by atoms with E-state index in [0.29, 0.717) is 12.1 Å². The monoisotopic (exact) mass is 233 g/mol. The van der Waals surface area contributed by atoms with Crippen molar-refractivity contribution < 1.29 is 4.74 Å². The molecule has 1 aromatic rings. The van der Waals surface area contributed by atoms with Gasteiger partial charge in [0.2, 0.25) is 0 Å². The Balaban J connectivity index is 1.79. The minimum Gasteiger partial charge on any atom is -0.490 e. The van der Waals surface area contributed by atoms with E-state index in [2.05, 4.69) is 43.6 Å². The summed E-state index contributed by atoms with van der Waals surface area (Å²) in [5.41, 5.74) is 1.37. The third-order valence-electron chi connectivity index (χ3n) is 3.60. The van der Waals surface area contributed by atoms with E-state index in [-0.39, 0.29) is 0 Å². The SMILES string of the molecule is CCCC(CCC1Cc2ccccc2O1)NC. The van der Waals surface area contributed by atoms with Crippen LogP contribution in [0.15, 0.2) is 24.3 Å². The van der Waals surface area contributed by atoms with Crippen LogP contribution in [0.4, 0.5) is 0 Å². The molecular weight excluding hydrogens is 210 g/mol. The maximum Gasteiger partial charge on any atom is 0.123 e. The van der Waals surface area contributed by atoms with Gasteiger partial charge in [0.25, 0.3) is 0 Å². The summed E-state index contributed by atoms with van der Waals surface area (Å²) in [6.07, 6.45) is 6.34. The van der Waals surface area contributed by atoms with Crippen LogP contribution >= 0.6 is 0 Å². The molecule has 1 aromatic carbocycles. The van der Waals surface area contributed by atoms with Gasteiger partial charge in [0.15, 0.2) is 0 Å². The van der Waals surface area contributed by atoms with Crippen molar-refractivity contribution in [2.24, 2.45) is 0 Å². The average molecular weight is 233 g/mol. The highest BCUT2D eigenvalue weighted by molar-refractivity contribution is 5.37. The van der Waals surface area contributed by atoms with E-state index >= 15 is 0 Å². The number of benzene rings is 1. The molecule has 0 bridgehead atoms. The first-order valence-electron chi connectivity index (χ1n) is 6.75. The zero-order valence-corrected chi connectivity index (χ0v) is 10.9. The number of para-hydroxylation sites is 1. The summed E-state index contributed by atoms with van der Waals surface area (Å²) in [5, 5.41) is 3.39. The molecule has 1 aliphatic rings. The zero-order valence-electron chi connectivity index (χ0n) is 10.9. The Kier molecular flexibility index (Phi) is 4.43. The Morgan fingerprint density at radius 1 is 1.35 bits per heavy atom. The number of nitrogens with one attached hydrogen (secondary N) is 1. The van der Waals surface area contributed by atoms with Crippen LogP contribution in [-0.4, -0.2) is 19.2 Å². The Morgan fingerprint density at radius 2 is 2.18 bits per heavy atom. The maximum absolute atomic E-state index is 5.95. The third kappa shape index (κ3) is 3.22. The molecule has 0 saturated heterocycles. The van der Waals surface area contributed by atoms with Gasteiger partial charge in [-0.15, -0.1) is 0 Å². The lowest BCUT2D eigenvalue weighted by Crippen LogP contribution is -2.27. The quantitative estimate of drug-likeness (QED) is 0.815. The van der Waals surface area contributed by atoms with E-state index in [1.807, 2.05) is 0 Å². The number of hydrogen-bond acceptors (Lipinski definition) is 2. The molecule has 1 N–H and O–H groups in total. The third-order valence-corrected chi connectivity index (χ3v) is 3.60. The van der Waals surface area contributed by atoms with Crippen LogP contribution in [0.1, 0.15) is 38.2 Å². The Bertz CT molecular complexity index is 326. The highest BCUT2D eigenvalue weighted by atomic mass is 16.5. The molecule has 2 unspecified atom stereocenters. The summed E-state index contributed by atoms with van der Waals surface area (Å²) in [7, 11) is 2.06. The standard InChI is InChI=1S/C15H23NO/c1-3-6-13(16-2)9-10-14-11-12-7-4-5-8-15(12)17-14/h4-5,7-8,13-14,16H,3,6,9-11H2,1-2H3. The number of rotatable bonds is 6. The predicted octanol–water partition coefficient (Wildman–Crippen LogP) is 3.16. The van der Waals surface area contributed by atoms with Gasteiger partial charge in [-0.25, -0.2) is 0 Å². The summed E-state index contributed by atoms with van der Waals surface area (Å²) in [6.45, 7) is 2.24. The van der Waals surface area contributed by atoms with Crippen molar-refractivity contribution in [2.75, 3.05) is 7.05 Å². The molecule has 2 atom stereocenters. The van der Waals surface area contributed by atoms with Crippen molar-refractivity contribution in [3.05, 3.63) is 29.8 Å². The van der Waals surface area contributed by atoms with Gasteiger partial charge < -0.3 is 10.1 Å². The summed E-state index contributed by atoms with van der Waals surface area (Å²) in [5.74, 6) is 1.09. The smallest absolute Gasteiger partial charge is 0.123 e. The predicted molar refractivity (Wildman–Crippen MR) is 71.6 cm³/mol. The second-order valence-electron chi connectivity index (χ2n) is 4.90. The molecule has 0 spiro atoms. The fourth-order valence-corrected chi connectivity index (χ4v) is 2.58. The summed E-state index contributed by atoms with van der Waals surface area (Å²) >= 11 is 0. The molecule has 94 valence electrons. The first-order valence-corrected chi connectivity index (χ1v) is 6.75. The molecule has 1 heterocycles. The van der Waals surface area contributed by atoms with E-state index in [4.69, 9.17) is 4.74 Å². The van der Waals surface area contributed by atoms with E-state index in [0.717, 1.165) is 18.6 Å². The molecular formula is C15H23NO. The van der Waals surface area contributed by atoms with Crippen molar-refractivity contribution in [2.45, 2.75) is 51.2 Å². The van der Waals surface area contributed by atoms with Crippen molar-refractivity contribution in [3.8, 4) is 5.75 Å². The topological polar surface area (TPSA) is 21.3 Å². The van der Waals surface area contributed by atoms with Crippen LogP contribution in [0.5, 0.6) is 5.75 Å². The fraction of sp³-hybridized carbons (Fsp3) is 0.600. The van der Waals surface area contributed by atoms with E-state index in [1.165, 1.54) is 24.8 Å². The number of hydrogen-bond donors (Lipinski definition) is 1. The van der Waals surface area contributed by atoms with Gasteiger partial charge in [0.1, 0.15) is 11.9 Å². The fourth-order valence-electron chi connectivity index (χ4n) is 2.58. The van der Waals surface area contributed by atoms with Gasteiger partial charge in [0.05, 0.1) is 0 Å².